The molecule has 2 aliphatic carbocycles. The van der Waals surface area contributed by atoms with Crippen LogP contribution in [0, 0.1) is 0 Å². The van der Waals surface area contributed by atoms with Crippen molar-refractivity contribution in [2.45, 2.75) is 49.7 Å². The second-order valence-corrected chi connectivity index (χ2v) is 7.49. The van der Waals surface area contributed by atoms with Gasteiger partial charge in [0, 0.05) is 5.92 Å². The molecule has 0 unspecified atom stereocenters. The quantitative estimate of drug-likeness (QED) is 0.678. The van der Waals surface area contributed by atoms with Crippen molar-refractivity contribution in [3.05, 3.63) is 41.3 Å². The summed E-state index contributed by atoms with van der Waals surface area (Å²) in [5.74, 6) is 0.779. The van der Waals surface area contributed by atoms with E-state index in [-0.39, 0.29) is 24.2 Å². The topological polar surface area (TPSA) is 95.6 Å². The minimum absolute atomic E-state index is 0. The van der Waals surface area contributed by atoms with Crippen molar-refractivity contribution in [3.8, 4) is 17.3 Å². The highest BCUT2D eigenvalue weighted by atomic mass is 35.5. The first kappa shape index (κ1) is 19.8. The Balaban J connectivity index is 0.00000205. The Morgan fingerprint density at radius 1 is 1.21 bits per heavy atom. The normalized spacial score (nSPS) is 18.2. The van der Waals surface area contributed by atoms with Crippen molar-refractivity contribution in [2.24, 2.45) is 5.73 Å². The summed E-state index contributed by atoms with van der Waals surface area (Å²) in [7, 11) is 0. The van der Waals surface area contributed by atoms with E-state index in [0.29, 0.717) is 22.9 Å². The summed E-state index contributed by atoms with van der Waals surface area (Å²) >= 11 is 0. The van der Waals surface area contributed by atoms with Crippen molar-refractivity contribution in [2.75, 3.05) is 0 Å². The summed E-state index contributed by atoms with van der Waals surface area (Å²) < 4.78 is 46.1. The summed E-state index contributed by atoms with van der Waals surface area (Å²) in [6.45, 7) is 0. The lowest BCUT2D eigenvalue weighted by atomic mass is 9.77. The van der Waals surface area contributed by atoms with Crippen LogP contribution in [0.3, 0.4) is 0 Å². The van der Waals surface area contributed by atoms with E-state index < -0.39 is 17.3 Å². The fraction of sp³-hybridized carbons (Fsp3) is 0.444. The fourth-order valence-electron chi connectivity index (χ4n) is 3.47. The third kappa shape index (κ3) is 3.40. The first-order valence-corrected chi connectivity index (χ1v) is 9.12. The number of benzene rings is 1. The SMILES string of the molecule is Cl.NC1(c2noc(-c3nnn(-c4cccc(C(F)(F)F)c4)c3C3CC3)n2)CCC1. The third-order valence-electron chi connectivity index (χ3n) is 5.41. The van der Waals surface area contributed by atoms with E-state index >= 15 is 0 Å². The summed E-state index contributed by atoms with van der Waals surface area (Å²) in [5, 5.41) is 12.2. The molecule has 154 valence electrons. The van der Waals surface area contributed by atoms with Gasteiger partial charge in [-0.2, -0.15) is 18.2 Å². The lowest BCUT2D eigenvalue weighted by Gasteiger charge is -2.34. The summed E-state index contributed by atoms with van der Waals surface area (Å²) in [4.78, 5) is 4.41. The molecule has 5 rings (SSSR count). The second kappa shape index (κ2) is 6.81. The average Bonchev–Trinajstić information content (AvgIpc) is 3.18. The molecular formula is C18H18ClF3N6O. The Hall–Kier alpha value is -2.46. The molecule has 11 heteroatoms. The lowest BCUT2D eigenvalue weighted by Crippen LogP contribution is -2.44. The zero-order valence-electron chi connectivity index (χ0n) is 15.2. The van der Waals surface area contributed by atoms with Gasteiger partial charge in [0.15, 0.2) is 11.5 Å². The zero-order valence-corrected chi connectivity index (χ0v) is 16.0. The molecule has 0 bridgehead atoms. The van der Waals surface area contributed by atoms with E-state index in [2.05, 4.69) is 20.5 Å². The largest absolute Gasteiger partial charge is 0.416 e. The molecule has 2 aromatic heterocycles. The van der Waals surface area contributed by atoms with Gasteiger partial charge in [0.1, 0.15) is 0 Å². The van der Waals surface area contributed by atoms with Crippen LogP contribution in [0.25, 0.3) is 17.3 Å². The number of alkyl halides is 3. The van der Waals surface area contributed by atoms with Crippen LogP contribution in [0.2, 0.25) is 0 Å². The predicted molar refractivity (Wildman–Crippen MR) is 98.6 cm³/mol. The highest BCUT2D eigenvalue weighted by Crippen LogP contribution is 2.45. The number of hydrogen-bond acceptors (Lipinski definition) is 6. The maximum atomic E-state index is 13.1. The molecule has 7 nitrogen and oxygen atoms in total. The van der Waals surface area contributed by atoms with Gasteiger partial charge in [-0.25, -0.2) is 4.68 Å². The highest BCUT2D eigenvalue weighted by Gasteiger charge is 2.40. The first-order valence-electron chi connectivity index (χ1n) is 9.12. The van der Waals surface area contributed by atoms with Crippen LogP contribution >= 0.6 is 12.4 Å². The van der Waals surface area contributed by atoms with Crippen LogP contribution in [0.5, 0.6) is 0 Å². The number of halogens is 4. The molecule has 2 heterocycles. The minimum atomic E-state index is -4.43. The van der Waals surface area contributed by atoms with Crippen LogP contribution in [0.4, 0.5) is 13.2 Å². The van der Waals surface area contributed by atoms with Crippen molar-refractivity contribution >= 4 is 12.4 Å². The molecule has 0 saturated heterocycles. The molecule has 2 N–H and O–H groups in total. The molecule has 3 aromatic rings. The summed E-state index contributed by atoms with van der Waals surface area (Å²) in [6.07, 6.45) is -0.0305. The van der Waals surface area contributed by atoms with Crippen molar-refractivity contribution in [1.29, 1.82) is 0 Å². The van der Waals surface area contributed by atoms with E-state index in [1.165, 1.54) is 10.7 Å². The molecule has 2 fully saturated rings. The van der Waals surface area contributed by atoms with Gasteiger partial charge in [-0.3, -0.25) is 0 Å². The molecular weight excluding hydrogens is 409 g/mol. The van der Waals surface area contributed by atoms with Crippen LogP contribution in [-0.2, 0) is 11.7 Å². The van der Waals surface area contributed by atoms with Gasteiger partial charge in [-0.1, -0.05) is 16.4 Å². The Labute approximate surface area is 169 Å². The number of nitrogens with two attached hydrogens (primary N) is 1. The Kier molecular flexibility index (Phi) is 4.66. The first-order chi connectivity index (χ1) is 13.4. The minimum Gasteiger partial charge on any atom is -0.332 e. The van der Waals surface area contributed by atoms with Gasteiger partial charge in [0.25, 0.3) is 5.89 Å². The van der Waals surface area contributed by atoms with Crippen molar-refractivity contribution < 1.29 is 17.7 Å². The molecule has 0 spiro atoms. The molecule has 2 saturated carbocycles. The second-order valence-electron chi connectivity index (χ2n) is 7.49. The summed E-state index contributed by atoms with van der Waals surface area (Å²) in [6, 6.07) is 5.02. The van der Waals surface area contributed by atoms with Gasteiger partial charge in [0.05, 0.1) is 22.5 Å². The molecule has 0 amide bonds. The van der Waals surface area contributed by atoms with E-state index in [0.717, 1.165) is 44.2 Å². The molecule has 1 aromatic carbocycles. The number of hydrogen-bond donors (Lipinski definition) is 1. The van der Waals surface area contributed by atoms with Gasteiger partial charge >= 0.3 is 6.18 Å². The van der Waals surface area contributed by atoms with Crippen molar-refractivity contribution in [3.63, 3.8) is 0 Å². The Bertz CT molecular complexity index is 1040. The number of nitrogens with zero attached hydrogens (tertiary/aromatic N) is 5. The highest BCUT2D eigenvalue weighted by molar-refractivity contribution is 5.85. The van der Waals surface area contributed by atoms with Crippen molar-refractivity contribution in [1.82, 2.24) is 25.1 Å². The van der Waals surface area contributed by atoms with Gasteiger partial charge in [0.2, 0.25) is 0 Å². The summed E-state index contributed by atoms with van der Waals surface area (Å²) in [5.41, 5.74) is 6.33. The molecule has 0 atom stereocenters. The Morgan fingerprint density at radius 2 is 1.97 bits per heavy atom. The monoisotopic (exact) mass is 426 g/mol. The van der Waals surface area contributed by atoms with Crippen LogP contribution < -0.4 is 5.73 Å². The molecule has 29 heavy (non-hydrogen) atoms. The maximum absolute atomic E-state index is 13.1. The van der Waals surface area contributed by atoms with E-state index in [1.807, 2.05) is 0 Å². The average molecular weight is 427 g/mol. The number of rotatable bonds is 4. The van der Waals surface area contributed by atoms with Crippen LogP contribution in [0.15, 0.2) is 28.8 Å². The van der Waals surface area contributed by atoms with Gasteiger partial charge < -0.3 is 10.3 Å². The van der Waals surface area contributed by atoms with Gasteiger partial charge in [-0.15, -0.1) is 17.5 Å². The standard InChI is InChI=1S/C18H17F3N6O.ClH/c19-18(20,21)11-3-1-4-12(9-11)27-14(10-5-6-10)13(24-26-27)15-23-16(25-28-15)17(22)7-2-8-17;/h1,3-4,9-10H,2,5-8,22H2;1H. The molecule has 0 radical (unpaired) electrons. The molecule has 0 aliphatic heterocycles. The van der Waals surface area contributed by atoms with E-state index in [9.17, 15) is 13.2 Å². The smallest absolute Gasteiger partial charge is 0.332 e. The van der Waals surface area contributed by atoms with Crippen LogP contribution in [0.1, 0.15) is 55.1 Å². The maximum Gasteiger partial charge on any atom is 0.416 e. The third-order valence-corrected chi connectivity index (χ3v) is 5.41. The predicted octanol–water partition coefficient (Wildman–Crippen LogP) is 3.97. The molecule has 2 aliphatic rings. The van der Waals surface area contributed by atoms with Gasteiger partial charge in [-0.05, 0) is 50.3 Å². The fourth-order valence-corrected chi connectivity index (χ4v) is 3.47. The Morgan fingerprint density at radius 3 is 2.59 bits per heavy atom. The van der Waals surface area contributed by atoms with Crippen LogP contribution in [-0.4, -0.2) is 25.1 Å². The van der Waals surface area contributed by atoms with E-state index in [1.54, 1.807) is 6.07 Å². The van der Waals surface area contributed by atoms with E-state index in [4.69, 9.17) is 10.3 Å². The number of aromatic nitrogens is 5. The lowest BCUT2D eigenvalue weighted by molar-refractivity contribution is -0.137. The zero-order chi connectivity index (χ0) is 19.5.